The first kappa shape index (κ1) is 29.0. The van der Waals surface area contributed by atoms with Gasteiger partial charge in [0.1, 0.15) is 11.5 Å². The minimum Gasteiger partial charge on any atom is -0.384 e. The monoisotopic (exact) mass is 591 g/mol. The first-order chi connectivity index (χ1) is 21.2. The van der Waals surface area contributed by atoms with Crippen molar-refractivity contribution >= 4 is 39.1 Å². The van der Waals surface area contributed by atoms with Gasteiger partial charge in [0.05, 0.1) is 41.4 Å². The number of benzene rings is 2. The van der Waals surface area contributed by atoms with Crippen LogP contribution in [0.4, 0.5) is 15.8 Å². The highest BCUT2D eigenvalue weighted by Gasteiger charge is 2.16. The third-order valence-electron chi connectivity index (χ3n) is 7.28. The molecule has 0 saturated heterocycles. The second-order valence-electron chi connectivity index (χ2n) is 11.4. The van der Waals surface area contributed by atoms with E-state index >= 15 is 0 Å². The summed E-state index contributed by atoms with van der Waals surface area (Å²) in [6.07, 6.45) is 6.93. The van der Waals surface area contributed by atoms with Gasteiger partial charge in [0.25, 0.3) is 0 Å². The maximum Gasteiger partial charge on any atom is 0.238 e. The van der Waals surface area contributed by atoms with E-state index in [4.69, 9.17) is 0 Å². The standard InChI is InChI=1S/C33H34FN9O/c1-42(2)8-7-37-24-10-21(9-23(34)13-24)28-17-36-18-31-26(28)14-30(39-31)33-27-12-20(5-6-29(27)40-41-33)22-11-25(16-35-15-22)38-32(44)19-43(3)4/h5-6,9-18,37,39H,7-8,19H2,1-4H3,(H,38,44)(H,40,41). The van der Waals surface area contributed by atoms with Crippen LogP contribution < -0.4 is 10.6 Å². The molecule has 6 aromatic rings. The SMILES string of the molecule is CN(C)CCNc1cc(F)cc(-c2cncc3[nH]c(-c4n[nH]c5ccc(-c6cncc(NC(=O)CN(C)C)c6)cc45)cc23)c1. The normalized spacial score (nSPS) is 11.6. The van der Waals surface area contributed by atoms with Crippen molar-refractivity contribution in [2.45, 2.75) is 0 Å². The molecule has 0 bridgehead atoms. The first-order valence-electron chi connectivity index (χ1n) is 14.3. The average molecular weight is 592 g/mol. The summed E-state index contributed by atoms with van der Waals surface area (Å²) in [7, 11) is 7.70. The molecule has 11 heteroatoms. The van der Waals surface area contributed by atoms with Crippen molar-refractivity contribution in [2.24, 2.45) is 0 Å². The highest BCUT2D eigenvalue weighted by atomic mass is 19.1. The van der Waals surface area contributed by atoms with E-state index in [9.17, 15) is 9.18 Å². The lowest BCUT2D eigenvalue weighted by molar-refractivity contribution is -0.116. The molecule has 10 nitrogen and oxygen atoms in total. The van der Waals surface area contributed by atoms with Gasteiger partial charge in [0, 0.05) is 53.1 Å². The van der Waals surface area contributed by atoms with Gasteiger partial charge in [-0.25, -0.2) is 4.39 Å². The summed E-state index contributed by atoms with van der Waals surface area (Å²) in [6, 6.07) is 14.9. The van der Waals surface area contributed by atoms with Crippen LogP contribution in [0, 0.1) is 5.82 Å². The summed E-state index contributed by atoms with van der Waals surface area (Å²) in [4.78, 5) is 28.4. The molecule has 224 valence electrons. The van der Waals surface area contributed by atoms with Crippen molar-refractivity contribution in [1.29, 1.82) is 0 Å². The molecule has 4 aromatic heterocycles. The molecule has 2 aromatic carbocycles. The number of aromatic amines is 2. The minimum atomic E-state index is -0.315. The fourth-order valence-corrected chi connectivity index (χ4v) is 5.23. The summed E-state index contributed by atoms with van der Waals surface area (Å²) in [5.74, 6) is -0.423. The molecule has 1 amide bonds. The van der Waals surface area contributed by atoms with E-state index in [2.05, 4.69) is 46.7 Å². The first-order valence-corrected chi connectivity index (χ1v) is 14.3. The molecule has 0 unspecified atom stereocenters. The number of rotatable bonds is 10. The summed E-state index contributed by atoms with van der Waals surface area (Å²) in [5.41, 5.74) is 7.96. The second kappa shape index (κ2) is 12.2. The van der Waals surface area contributed by atoms with Crippen LogP contribution in [0.5, 0.6) is 0 Å². The van der Waals surface area contributed by atoms with Crippen LogP contribution in [0.3, 0.4) is 0 Å². The highest BCUT2D eigenvalue weighted by Crippen LogP contribution is 2.36. The Morgan fingerprint density at radius 2 is 1.64 bits per heavy atom. The Bertz CT molecular complexity index is 1960. The minimum absolute atomic E-state index is 0.107. The van der Waals surface area contributed by atoms with Gasteiger partial charge >= 0.3 is 0 Å². The zero-order chi connectivity index (χ0) is 30.8. The van der Waals surface area contributed by atoms with Crippen LogP contribution in [0.2, 0.25) is 0 Å². The Balaban J connectivity index is 1.33. The van der Waals surface area contributed by atoms with Gasteiger partial charge in [-0.1, -0.05) is 6.07 Å². The van der Waals surface area contributed by atoms with Crippen molar-refractivity contribution in [2.75, 3.05) is 58.5 Å². The van der Waals surface area contributed by atoms with Crippen LogP contribution in [0.1, 0.15) is 0 Å². The molecule has 0 aliphatic carbocycles. The average Bonchev–Trinajstić information content (AvgIpc) is 3.60. The molecule has 6 rings (SSSR count). The molecule has 0 fully saturated rings. The Hall–Kier alpha value is -5.13. The number of nitrogens with one attached hydrogen (secondary N) is 4. The lowest BCUT2D eigenvalue weighted by atomic mass is 10.0. The van der Waals surface area contributed by atoms with Gasteiger partial charge < -0.3 is 25.4 Å². The van der Waals surface area contributed by atoms with Crippen LogP contribution in [0.25, 0.3) is 55.4 Å². The van der Waals surface area contributed by atoms with Crippen molar-refractivity contribution in [3.63, 3.8) is 0 Å². The Morgan fingerprint density at radius 1 is 0.818 bits per heavy atom. The van der Waals surface area contributed by atoms with Gasteiger partial charge in [-0.2, -0.15) is 5.10 Å². The van der Waals surface area contributed by atoms with Crippen LogP contribution in [-0.2, 0) is 4.79 Å². The number of pyridine rings is 2. The van der Waals surface area contributed by atoms with Gasteiger partial charge in [0.15, 0.2) is 0 Å². The van der Waals surface area contributed by atoms with Crippen LogP contribution in [0.15, 0.2) is 73.3 Å². The molecule has 0 aliphatic heterocycles. The number of aromatic nitrogens is 5. The Labute approximate surface area is 254 Å². The Kier molecular flexibility index (Phi) is 8.05. The predicted molar refractivity (Wildman–Crippen MR) is 174 cm³/mol. The molecule has 0 saturated carbocycles. The summed E-state index contributed by atoms with van der Waals surface area (Å²) >= 11 is 0. The molecular formula is C33H34FN9O. The van der Waals surface area contributed by atoms with Gasteiger partial charge in [-0.05, 0) is 81.8 Å². The smallest absolute Gasteiger partial charge is 0.238 e. The Morgan fingerprint density at radius 3 is 2.45 bits per heavy atom. The number of H-pyrrole nitrogens is 2. The van der Waals surface area contributed by atoms with Gasteiger partial charge in [0.2, 0.25) is 5.91 Å². The van der Waals surface area contributed by atoms with Crippen molar-refractivity contribution in [1.82, 2.24) is 34.9 Å². The number of halogens is 1. The lowest BCUT2D eigenvalue weighted by Crippen LogP contribution is -2.27. The van der Waals surface area contributed by atoms with E-state index in [1.807, 2.05) is 63.4 Å². The number of hydrogen-bond donors (Lipinski definition) is 4. The van der Waals surface area contributed by atoms with Gasteiger partial charge in [-0.15, -0.1) is 0 Å². The van der Waals surface area contributed by atoms with E-state index in [-0.39, 0.29) is 18.3 Å². The molecule has 0 atom stereocenters. The molecule has 0 spiro atoms. The van der Waals surface area contributed by atoms with Crippen molar-refractivity contribution < 1.29 is 9.18 Å². The predicted octanol–water partition coefficient (Wildman–Crippen LogP) is 5.45. The largest absolute Gasteiger partial charge is 0.384 e. The number of carbonyl (C=O) groups excluding carboxylic acids is 1. The molecular weight excluding hydrogens is 557 g/mol. The summed E-state index contributed by atoms with van der Waals surface area (Å²) in [6.45, 7) is 1.81. The summed E-state index contributed by atoms with van der Waals surface area (Å²) < 4.78 is 14.7. The number of anilines is 2. The van der Waals surface area contributed by atoms with E-state index in [1.54, 1.807) is 24.8 Å². The third kappa shape index (κ3) is 6.29. The maximum atomic E-state index is 14.7. The number of carbonyl (C=O) groups is 1. The summed E-state index contributed by atoms with van der Waals surface area (Å²) in [5, 5.41) is 15.8. The zero-order valence-corrected chi connectivity index (χ0v) is 25.1. The van der Waals surface area contributed by atoms with E-state index in [0.717, 1.165) is 67.7 Å². The second-order valence-corrected chi connectivity index (χ2v) is 11.4. The van der Waals surface area contributed by atoms with Crippen LogP contribution >= 0.6 is 0 Å². The van der Waals surface area contributed by atoms with Crippen LogP contribution in [-0.4, -0.2) is 88.7 Å². The highest BCUT2D eigenvalue weighted by molar-refractivity contribution is 6.01. The molecule has 4 N–H and O–H groups in total. The van der Waals surface area contributed by atoms with Crippen molar-refractivity contribution in [3.05, 3.63) is 79.1 Å². The van der Waals surface area contributed by atoms with Crippen molar-refractivity contribution in [3.8, 4) is 33.6 Å². The number of nitrogens with zero attached hydrogens (tertiary/aromatic N) is 5. The number of hydrogen-bond acceptors (Lipinski definition) is 7. The quantitative estimate of drug-likeness (QED) is 0.167. The van der Waals surface area contributed by atoms with Gasteiger partial charge in [-0.3, -0.25) is 19.9 Å². The third-order valence-corrected chi connectivity index (χ3v) is 7.28. The lowest BCUT2D eigenvalue weighted by Gasteiger charge is -2.13. The molecule has 0 aliphatic rings. The number of fused-ring (bicyclic) bond motifs is 2. The number of likely N-dealkylation sites (N-methyl/N-ethyl adjacent to an activating group) is 2. The van der Waals surface area contributed by atoms with E-state index in [0.29, 0.717) is 12.2 Å². The fourth-order valence-electron chi connectivity index (χ4n) is 5.23. The molecule has 44 heavy (non-hydrogen) atoms. The fraction of sp³-hybridized carbons (Fsp3) is 0.212. The van der Waals surface area contributed by atoms with E-state index < -0.39 is 0 Å². The maximum absolute atomic E-state index is 14.7. The van der Waals surface area contributed by atoms with E-state index in [1.165, 1.54) is 12.1 Å². The zero-order valence-electron chi connectivity index (χ0n) is 25.1. The molecule has 4 heterocycles. The molecule has 0 radical (unpaired) electrons. The topological polar surface area (TPSA) is 118 Å². The number of amides is 1.